The molecule has 0 saturated carbocycles. The van der Waals surface area contributed by atoms with Crippen molar-refractivity contribution in [3.63, 3.8) is 0 Å². The molecule has 0 bridgehead atoms. The van der Waals surface area contributed by atoms with Gasteiger partial charge in [0, 0.05) is 5.56 Å². The number of halogens is 1. The molecule has 4 nitrogen and oxygen atoms in total. The smallest absolute Gasteiger partial charge is 0.182 e. The van der Waals surface area contributed by atoms with Gasteiger partial charge in [0.25, 0.3) is 0 Å². The summed E-state index contributed by atoms with van der Waals surface area (Å²) < 4.78 is 2.49. The van der Waals surface area contributed by atoms with Crippen LogP contribution in [0.4, 0.5) is 0 Å². The van der Waals surface area contributed by atoms with Crippen molar-refractivity contribution >= 4 is 21.6 Å². The quantitative estimate of drug-likeness (QED) is 0.692. The molecule has 5 heteroatoms. The summed E-state index contributed by atoms with van der Waals surface area (Å²) in [6, 6.07) is 9.97. The predicted molar refractivity (Wildman–Crippen MR) is 68.7 cm³/mol. The fraction of sp³-hybridized carbons (Fsp3) is 0.0833. The lowest BCUT2D eigenvalue weighted by Gasteiger charge is -2.02. The first-order valence-corrected chi connectivity index (χ1v) is 5.98. The molecule has 0 unspecified atom stereocenters. The van der Waals surface area contributed by atoms with Gasteiger partial charge in [0.1, 0.15) is 16.1 Å². The summed E-state index contributed by atoms with van der Waals surface area (Å²) in [5.74, 6) is 0.738. The van der Waals surface area contributed by atoms with E-state index in [4.69, 9.17) is 0 Å². The molecule has 17 heavy (non-hydrogen) atoms. The van der Waals surface area contributed by atoms with Crippen LogP contribution in [0.1, 0.15) is 5.82 Å². The molecule has 1 aromatic carbocycles. The zero-order chi connectivity index (χ0) is 11.8. The minimum atomic E-state index is 0.738. The number of hydrogen-bond donors (Lipinski definition) is 0. The van der Waals surface area contributed by atoms with E-state index in [1.807, 2.05) is 43.5 Å². The Morgan fingerprint density at radius 2 is 1.88 bits per heavy atom. The summed E-state index contributed by atoms with van der Waals surface area (Å²) in [6.45, 7) is 1.87. The summed E-state index contributed by atoms with van der Waals surface area (Å²) in [5.41, 5.74) is 2.64. The number of fused-ring (bicyclic) bond motifs is 1. The average molecular weight is 289 g/mol. The first kappa shape index (κ1) is 10.4. The standard InChI is InChI=1S/C12H9BrN4/c1-8-14-12-11(9-5-3-2-4-6-9)15-10(13)7-17(12)16-8/h2-7H,1H3. The summed E-state index contributed by atoms with van der Waals surface area (Å²) in [7, 11) is 0. The number of aryl methyl sites for hydroxylation is 1. The highest BCUT2D eigenvalue weighted by Gasteiger charge is 2.10. The van der Waals surface area contributed by atoms with Crippen LogP contribution in [-0.4, -0.2) is 19.6 Å². The molecule has 0 radical (unpaired) electrons. The van der Waals surface area contributed by atoms with Crippen LogP contribution in [0.2, 0.25) is 0 Å². The highest BCUT2D eigenvalue weighted by Crippen LogP contribution is 2.23. The van der Waals surface area contributed by atoms with E-state index in [1.54, 1.807) is 4.52 Å². The molecule has 0 aliphatic carbocycles. The number of aromatic nitrogens is 4. The molecule has 0 fully saturated rings. The third-order valence-electron chi connectivity index (χ3n) is 2.44. The van der Waals surface area contributed by atoms with Gasteiger partial charge in [-0.3, -0.25) is 0 Å². The Bertz CT molecular complexity index is 676. The summed E-state index contributed by atoms with van der Waals surface area (Å²) in [4.78, 5) is 8.88. The summed E-state index contributed by atoms with van der Waals surface area (Å²) in [5, 5.41) is 4.30. The Balaban J connectivity index is 2.35. The van der Waals surface area contributed by atoms with Gasteiger partial charge in [-0.25, -0.2) is 14.5 Å². The van der Waals surface area contributed by atoms with Crippen molar-refractivity contribution in [1.82, 2.24) is 19.6 Å². The first-order chi connectivity index (χ1) is 8.24. The van der Waals surface area contributed by atoms with Gasteiger partial charge in [-0.15, -0.1) is 0 Å². The van der Waals surface area contributed by atoms with Crippen molar-refractivity contribution in [3.05, 3.63) is 47.0 Å². The lowest BCUT2D eigenvalue weighted by molar-refractivity contribution is 0.914. The van der Waals surface area contributed by atoms with Crippen molar-refractivity contribution in [1.29, 1.82) is 0 Å². The van der Waals surface area contributed by atoms with Crippen LogP contribution in [0.25, 0.3) is 16.9 Å². The van der Waals surface area contributed by atoms with E-state index < -0.39 is 0 Å². The lowest BCUT2D eigenvalue weighted by atomic mass is 10.1. The van der Waals surface area contributed by atoms with E-state index >= 15 is 0 Å². The maximum atomic E-state index is 4.48. The monoisotopic (exact) mass is 288 g/mol. The van der Waals surface area contributed by atoms with Crippen molar-refractivity contribution in [2.45, 2.75) is 6.92 Å². The number of nitrogens with zero attached hydrogens (tertiary/aromatic N) is 4. The number of rotatable bonds is 1. The maximum absolute atomic E-state index is 4.48. The van der Waals surface area contributed by atoms with E-state index in [0.29, 0.717) is 0 Å². The van der Waals surface area contributed by atoms with Gasteiger partial charge in [0.15, 0.2) is 5.65 Å². The highest BCUT2D eigenvalue weighted by atomic mass is 79.9. The third kappa shape index (κ3) is 1.82. The van der Waals surface area contributed by atoms with E-state index in [9.17, 15) is 0 Å². The molecule has 3 aromatic rings. The fourth-order valence-electron chi connectivity index (χ4n) is 1.76. The van der Waals surface area contributed by atoms with Crippen LogP contribution < -0.4 is 0 Å². The largest absolute Gasteiger partial charge is 0.235 e. The van der Waals surface area contributed by atoms with Crippen molar-refractivity contribution in [2.24, 2.45) is 0 Å². The second-order valence-electron chi connectivity index (χ2n) is 3.71. The molecule has 0 aliphatic rings. The van der Waals surface area contributed by atoms with Crippen molar-refractivity contribution in [2.75, 3.05) is 0 Å². The fourth-order valence-corrected chi connectivity index (χ4v) is 2.13. The van der Waals surface area contributed by atoms with E-state index in [0.717, 1.165) is 27.3 Å². The topological polar surface area (TPSA) is 43.1 Å². The Kier molecular flexibility index (Phi) is 2.40. The van der Waals surface area contributed by atoms with Crippen molar-refractivity contribution < 1.29 is 0 Å². The molecule has 0 amide bonds. The van der Waals surface area contributed by atoms with Gasteiger partial charge < -0.3 is 0 Å². The third-order valence-corrected chi connectivity index (χ3v) is 2.83. The summed E-state index contributed by atoms with van der Waals surface area (Å²) >= 11 is 3.39. The highest BCUT2D eigenvalue weighted by molar-refractivity contribution is 9.10. The van der Waals surface area contributed by atoms with Crippen LogP contribution in [0.5, 0.6) is 0 Å². The van der Waals surface area contributed by atoms with Gasteiger partial charge >= 0.3 is 0 Å². The van der Waals surface area contributed by atoms with Gasteiger partial charge in [-0.2, -0.15) is 5.10 Å². The molecular formula is C12H9BrN4. The molecule has 2 heterocycles. The Labute approximate surface area is 106 Å². The van der Waals surface area contributed by atoms with Crippen LogP contribution in [0, 0.1) is 6.92 Å². The molecule has 0 atom stereocenters. The predicted octanol–water partition coefficient (Wildman–Crippen LogP) is 2.86. The van der Waals surface area contributed by atoms with E-state index in [-0.39, 0.29) is 0 Å². The zero-order valence-corrected chi connectivity index (χ0v) is 10.7. The molecule has 3 rings (SSSR count). The minimum absolute atomic E-state index is 0.738. The van der Waals surface area contributed by atoms with E-state index in [2.05, 4.69) is 31.0 Å². The molecular weight excluding hydrogens is 280 g/mol. The number of benzene rings is 1. The first-order valence-electron chi connectivity index (χ1n) is 5.19. The maximum Gasteiger partial charge on any atom is 0.182 e. The second kappa shape index (κ2) is 3.92. The normalized spacial score (nSPS) is 10.9. The summed E-state index contributed by atoms with van der Waals surface area (Å²) in [6.07, 6.45) is 1.81. The Morgan fingerprint density at radius 1 is 1.12 bits per heavy atom. The molecule has 0 spiro atoms. The second-order valence-corrected chi connectivity index (χ2v) is 4.52. The SMILES string of the molecule is Cc1nc2c(-c3ccccc3)nc(Br)cn2n1. The van der Waals surface area contributed by atoms with Gasteiger partial charge in [-0.05, 0) is 22.9 Å². The number of hydrogen-bond acceptors (Lipinski definition) is 3. The van der Waals surface area contributed by atoms with Gasteiger partial charge in [0.05, 0.1) is 6.20 Å². The molecule has 2 aromatic heterocycles. The Morgan fingerprint density at radius 3 is 2.65 bits per heavy atom. The van der Waals surface area contributed by atoms with Crippen LogP contribution in [0.3, 0.4) is 0 Å². The lowest BCUT2D eigenvalue weighted by Crippen LogP contribution is -1.94. The minimum Gasteiger partial charge on any atom is -0.235 e. The molecule has 0 N–H and O–H groups in total. The van der Waals surface area contributed by atoms with E-state index in [1.165, 1.54) is 0 Å². The zero-order valence-electron chi connectivity index (χ0n) is 9.13. The van der Waals surface area contributed by atoms with Gasteiger partial charge in [0.2, 0.25) is 0 Å². The van der Waals surface area contributed by atoms with Gasteiger partial charge in [-0.1, -0.05) is 30.3 Å². The average Bonchev–Trinajstić information content (AvgIpc) is 2.69. The molecule has 0 saturated heterocycles. The molecule has 0 aliphatic heterocycles. The Hall–Kier alpha value is -1.75. The van der Waals surface area contributed by atoms with Crippen LogP contribution in [-0.2, 0) is 0 Å². The van der Waals surface area contributed by atoms with Crippen LogP contribution >= 0.6 is 15.9 Å². The molecule has 84 valence electrons. The van der Waals surface area contributed by atoms with Crippen LogP contribution in [0.15, 0.2) is 41.1 Å². The van der Waals surface area contributed by atoms with Crippen molar-refractivity contribution in [3.8, 4) is 11.3 Å².